The first kappa shape index (κ1) is 31.6. The highest BCUT2D eigenvalue weighted by molar-refractivity contribution is 5.95. The molecule has 0 unspecified atom stereocenters. The number of esters is 1. The molecule has 4 aromatic carbocycles. The number of carbonyl (C=O) groups is 2. The van der Waals surface area contributed by atoms with Gasteiger partial charge in [0.05, 0.1) is 12.6 Å². The molecule has 2 N–H and O–H groups in total. The van der Waals surface area contributed by atoms with Gasteiger partial charge in [0.2, 0.25) is 0 Å². The van der Waals surface area contributed by atoms with Crippen LogP contribution in [0.4, 0.5) is 0 Å². The van der Waals surface area contributed by atoms with Crippen molar-refractivity contribution in [1.29, 1.82) is 0 Å². The van der Waals surface area contributed by atoms with Crippen molar-refractivity contribution in [1.82, 2.24) is 10.2 Å². The Morgan fingerprint density at radius 3 is 2.33 bits per heavy atom. The number of para-hydroxylation sites is 1. The normalized spacial score (nSPS) is 24.6. The van der Waals surface area contributed by atoms with E-state index >= 15 is 0 Å². The molecule has 0 saturated carbocycles. The molecule has 0 spiro atoms. The van der Waals surface area contributed by atoms with Crippen molar-refractivity contribution in [3.63, 3.8) is 0 Å². The largest absolute Gasteiger partial charge is 0.489 e. The predicted octanol–water partition coefficient (Wildman–Crippen LogP) is 5.30. The summed E-state index contributed by atoms with van der Waals surface area (Å²) in [5, 5.41) is 14.4. The Balaban J connectivity index is 1.21. The number of rotatable bonds is 5. The first-order valence-electron chi connectivity index (χ1n) is 16.3. The van der Waals surface area contributed by atoms with E-state index in [1.807, 2.05) is 60.7 Å². The molecule has 3 aliphatic rings. The fraction of sp³-hybridized carbons (Fsp3) is 0.282. The molecule has 4 aromatic rings. The van der Waals surface area contributed by atoms with Gasteiger partial charge < -0.3 is 29.4 Å². The third-order valence-corrected chi connectivity index (χ3v) is 9.10. The molecule has 1 amide bonds. The van der Waals surface area contributed by atoms with Crippen molar-refractivity contribution in [2.45, 2.75) is 50.0 Å². The topological polar surface area (TPSA) is 107 Å². The summed E-state index contributed by atoms with van der Waals surface area (Å²) in [5.41, 5.74) is 4.01. The van der Waals surface area contributed by atoms with Gasteiger partial charge in [0.1, 0.15) is 36.9 Å². The lowest BCUT2D eigenvalue weighted by atomic mass is 9.90. The minimum absolute atomic E-state index is 0.0852. The molecule has 1 fully saturated rings. The van der Waals surface area contributed by atoms with Crippen molar-refractivity contribution >= 4 is 11.9 Å². The van der Waals surface area contributed by atoms with E-state index < -0.39 is 30.1 Å². The number of hydrogen-bond donors (Lipinski definition) is 2. The highest BCUT2D eigenvalue weighted by atomic mass is 16.6. The number of aliphatic hydroxyl groups is 1. The van der Waals surface area contributed by atoms with Crippen LogP contribution in [0.3, 0.4) is 0 Å². The second kappa shape index (κ2) is 14.4. The van der Waals surface area contributed by atoms with Gasteiger partial charge in [-0.25, -0.2) is 4.79 Å². The predicted molar refractivity (Wildman–Crippen MR) is 178 cm³/mol. The molecule has 3 heterocycles. The molecule has 1 saturated heterocycles. The van der Waals surface area contributed by atoms with Crippen molar-refractivity contribution < 1.29 is 33.6 Å². The van der Waals surface area contributed by atoms with Crippen molar-refractivity contribution in [3.05, 3.63) is 143 Å². The van der Waals surface area contributed by atoms with Crippen LogP contribution in [0.1, 0.15) is 51.2 Å². The summed E-state index contributed by atoms with van der Waals surface area (Å²) >= 11 is 0. The maximum absolute atomic E-state index is 13.7. The van der Waals surface area contributed by atoms with E-state index in [2.05, 4.69) is 16.3 Å². The molecule has 9 heteroatoms. The van der Waals surface area contributed by atoms with E-state index in [0.29, 0.717) is 49.6 Å². The molecule has 0 aliphatic carbocycles. The lowest BCUT2D eigenvalue weighted by Crippen LogP contribution is -2.42. The summed E-state index contributed by atoms with van der Waals surface area (Å²) < 4.78 is 25.1. The van der Waals surface area contributed by atoms with Crippen molar-refractivity contribution in [3.8, 4) is 11.5 Å². The Hall–Kier alpha value is -4.96. The number of carbonyl (C=O) groups excluding carboxylic acids is 2. The lowest BCUT2D eigenvalue weighted by Gasteiger charge is -2.38. The number of hydrogen-bond acceptors (Lipinski definition) is 8. The summed E-state index contributed by atoms with van der Waals surface area (Å²) in [5.74, 6) is -0.0772. The summed E-state index contributed by atoms with van der Waals surface area (Å²) in [7, 11) is 0. The molecule has 246 valence electrons. The molecular weight excluding hydrogens is 608 g/mol. The van der Waals surface area contributed by atoms with E-state index in [9.17, 15) is 14.7 Å². The summed E-state index contributed by atoms with van der Waals surface area (Å²) in [6.45, 7) is 2.06. The van der Waals surface area contributed by atoms with E-state index in [0.717, 1.165) is 22.4 Å². The zero-order valence-corrected chi connectivity index (χ0v) is 26.4. The van der Waals surface area contributed by atoms with Crippen LogP contribution in [0.25, 0.3) is 0 Å². The Bertz CT molecular complexity index is 1760. The zero-order chi connectivity index (χ0) is 32.9. The van der Waals surface area contributed by atoms with Gasteiger partial charge in [-0.1, -0.05) is 78.9 Å². The third-order valence-electron chi connectivity index (χ3n) is 9.10. The monoisotopic (exact) mass is 646 g/mol. The maximum atomic E-state index is 13.7. The van der Waals surface area contributed by atoms with Crippen LogP contribution >= 0.6 is 0 Å². The Morgan fingerprint density at radius 1 is 0.854 bits per heavy atom. The smallest absolute Gasteiger partial charge is 0.337 e. The van der Waals surface area contributed by atoms with E-state index in [4.69, 9.17) is 18.9 Å². The first-order chi connectivity index (χ1) is 23.5. The van der Waals surface area contributed by atoms with Gasteiger partial charge in [0.25, 0.3) is 5.91 Å². The fourth-order valence-corrected chi connectivity index (χ4v) is 6.81. The maximum Gasteiger partial charge on any atom is 0.337 e. The number of amides is 1. The zero-order valence-electron chi connectivity index (χ0n) is 26.4. The van der Waals surface area contributed by atoms with Crippen LogP contribution in [0.5, 0.6) is 11.5 Å². The summed E-state index contributed by atoms with van der Waals surface area (Å²) in [4.78, 5) is 29.3. The quantitative estimate of drug-likeness (QED) is 0.222. The molecular formula is C39H38N2O7. The molecule has 7 rings (SSSR count). The van der Waals surface area contributed by atoms with Crippen LogP contribution in [-0.2, 0) is 27.4 Å². The number of aliphatic hydroxyl groups excluding tert-OH is 1. The van der Waals surface area contributed by atoms with Gasteiger partial charge in [-0.2, -0.15) is 0 Å². The lowest BCUT2D eigenvalue weighted by molar-refractivity contribution is -0.160. The molecule has 0 radical (unpaired) electrons. The van der Waals surface area contributed by atoms with Gasteiger partial charge >= 0.3 is 5.97 Å². The molecule has 3 bridgehead atoms. The Labute approximate surface area is 279 Å². The van der Waals surface area contributed by atoms with Crippen molar-refractivity contribution in [2.75, 3.05) is 19.8 Å². The number of fused-ring (bicyclic) bond motifs is 2. The van der Waals surface area contributed by atoms with Gasteiger partial charge in [-0.3, -0.25) is 9.69 Å². The molecule has 0 aromatic heterocycles. The number of nitrogens with zero attached hydrogens (tertiary/aromatic N) is 1. The Kier molecular flexibility index (Phi) is 9.51. The molecule has 3 aliphatic heterocycles. The standard InChI is InChI=1S/C39H38N2O7/c42-36-35(40-38(43)27-14-5-2-6-15-27)30-17-7-8-18-32(30)45-20-9-10-21-46-33-19-11-16-28-23-41-24-29(48-39(36)44)22-31(41)37(34(28)33)47-25-26-12-3-1-4-13-26/h1-19,29,31,35-37,42H,20-25H2,(H,40,43)/b10-9-/t29-,31-,35-,36+,37+/m0/s1. The number of nitrogens with one attached hydrogen (secondary N) is 1. The average molecular weight is 647 g/mol. The van der Waals surface area contributed by atoms with Crippen LogP contribution < -0.4 is 14.8 Å². The highest BCUT2D eigenvalue weighted by Crippen LogP contribution is 2.45. The van der Waals surface area contributed by atoms with Crippen LogP contribution in [0.2, 0.25) is 0 Å². The van der Waals surface area contributed by atoms with Gasteiger partial charge in [0.15, 0.2) is 6.10 Å². The highest BCUT2D eigenvalue weighted by Gasteiger charge is 2.46. The van der Waals surface area contributed by atoms with Gasteiger partial charge in [-0.15, -0.1) is 0 Å². The fourth-order valence-electron chi connectivity index (χ4n) is 6.81. The average Bonchev–Trinajstić information content (AvgIpc) is 3.52. The number of ether oxygens (including phenoxy) is 4. The van der Waals surface area contributed by atoms with Crippen LogP contribution in [-0.4, -0.2) is 59.9 Å². The van der Waals surface area contributed by atoms with E-state index in [-0.39, 0.29) is 18.8 Å². The van der Waals surface area contributed by atoms with E-state index in [1.54, 1.807) is 48.5 Å². The van der Waals surface area contributed by atoms with Gasteiger partial charge in [0, 0.05) is 42.2 Å². The van der Waals surface area contributed by atoms with E-state index in [1.165, 1.54) is 0 Å². The summed E-state index contributed by atoms with van der Waals surface area (Å²) in [6.07, 6.45) is 1.72. The first-order valence-corrected chi connectivity index (χ1v) is 16.3. The second-order valence-electron chi connectivity index (χ2n) is 12.2. The number of benzene rings is 4. The molecule has 48 heavy (non-hydrogen) atoms. The van der Waals surface area contributed by atoms with Crippen LogP contribution in [0, 0.1) is 0 Å². The summed E-state index contributed by atoms with van der Waals surface area (Å²) in [6, 6.07) is 30.6. The minimum atomic E-state index is -1.70. The molecule has 5 atom stereocenters. The van der Waals surface area contributed by atoms with Crippen LogP contribution in [0.15, 0.2) is 115 Å². The minimum Gasteiger partial charge on any atom is -0.489 e. The second-order valence-corrected chi connectivity index (χ2v) is 12.2. The Morgan fingerprint density at radius 2 is 1.54 bits per heavy atom. The van der Waals surface area contributed by atoms with Gasteiger partial charge in [-0.05, 0) is 47.5 Å². The SMILES string of the molecule is O=C(N[C@H]1c2ccccc2OC/C=C\COc2cccc3c2[C@H](OCc2ccccc2)[C@@H]2C[C@@H](CN2C3)OC(=O)[C@@H]1O)c1ccccc1. The molecule has 9 nitrogen and oxygen atoms in total. The third kappa shape index (κ3) is 6.85. The van der Waals surface area contributed by atoms with Crippen molar-refractivity contribution in [2.24, 2.45) is 0 Å².